The molecule has 1 aliphatic rings. The Hall–Kier alpha value is -2.89. The molecule has 4 N–H and O–H groups in total. The zero-order chi connectivity index (χ0) is 17.4. The molecule has 1 aromatic carbocycles. The van der Waals surface area contributed by atoms with Crippen LogP contribution in [0.3, 0.4) is 0 Å². The molecule has 2 heterocycles. The van der Waals surface area contributed by atoms with Crippen molar-refractivity contribution in [1.29, 1.82) is 0 Å². The molecule has 2 aromatic heterocycles. The summed E-state index contributed by atoms with van der Waals surface area (Å²) in [6.07, 6.45) is 4.87. The van der Waals surface area contributed by atoms with Crippen LogP contribution in [0.25, 0.3) is 11.0 Å². The van der Waals surface area contributed by atoms with Gasteiger partial charge in [-0.15, -0.1) is 0 Å². The first kappa shape index (κ1) is 15.6. The summed E-state index contributed by atoms with van der Waals surface area (Å²) in [5, 5.41) is 0.661. The molecular formula is C17H15N5O2S. The van der Waals surface area contributed by atoms with Gasteiger partial charge in [-0.1, -0.05) is 17.9 Å². The molecule has 1 fully saturated rings. The normalized spacial score (nSPS) is 14.2. The lowest BCUT2D eigenvalue weighted by Gasteiger charge is -2.05. The third-order valence-corrected chi connectivity index (χ3v) is 5.40. The molecule has 8 heteroatoms. The Morgan fingerprint density at radius 2 is 2.08 bits per heavy atom. The number of nitrogens with zero attached hydrogens (tertiary/aromatic N) is 2. The van der Waals surface area contributed by atoms with E-state index in [0.717, 1.165) is 12.8 Å². The standard InChI is InChI=1S/C17H15N5O2S/c18-16-15-12(9-19-17(15)21-10-20-16)5-4-11-2-1-3-14(8-11)25(23,24)22-13-6-7-13/h1-3,8-10,13,22H,6-7H2,(H3,18,19,20,21). The molecule has 0 saturated heterocycles. The van der Waals surface area contributed by atoms with E-state index < -0.39 is 10.0 Å². The predicted molar refractivity (Wildman–Crippen MR) is 94.1 cm³/mol. The van der Waals surface area contributed by atoms with E-state index in [0.29, 0.717) is 28.0 Å². The summed E-state index contributed by atoms with van der Waals surface area (Å²) in [6.45, 7) is 0. The first-order valence-electron chi connectivity index (χ1n) is 7.75. The van der Waals surface area contributed by atoms with Gasteiger partial charge in [0.25, 0.3) is 0 Å². The van der Waals surface area contributed by atoms with Crippen LogP contribution in [-0.2, 0) is 10.0 Å². The summed E-state index contributed by atoms with van der Waals surface area (Å²) in [5.74, 6) is 6.32. The zero-order valence-electron chi connectivity index (χ0n) is 13.2. The van der Waals surface area contributed by atoms with Gasteiger partial charge in [0.15, 0.2) is 0 Å². The van der Waals surface area contributed by atoms with Gasteiger partial charge in [0.05, 0.1) is 15.8 Å². The van der Waals surface area contributed by atoms with E-state index >= 15 is 0 Å². The number of nitrogens with two attached hydrogens (primary N) is 1. The van der Waals surface area contributed by atoms with Crippen molar-refractivity contribution in [2.75, 3.05) is 5.73 Å². The molecule has 7 nitrogen and oxygen atoms in total. The van der Waals surface area contributed by atoms with Crippen LogP contribution in [0.4, 0.5) is 5.82 Å². The van der Waals surface area contributed by atoms with Crippen molar-refractivity contribution in [1.82, 2.24) is 19.7 Å². The van der Waals surface area contributed by atoms with E-state index in [9.17, 15) is 8.42 Å². The van der Waals surface area contributed by atoms with E-state index in [4.69, 9.17) is 5.73 Å². The Morgan fingerprint density at radius 3 is 2.88 bits per heavy atom. The van der Waals surface area contributed by atoms with Gasteiger partial charge in [-0.3, -0.25) is 0 Å². The molecule has 0 bridgehead atoms. The predicted octanol–water partition coefficient (Wildman–Crippen LogP) is 1.38. The van der Waals surface area contributed by atoms with Gasteiger partial charge in [0.1, 0.15) is 17.8 Å². The Morgan fingerprint density at radius 1 is 1.24 bits per heavy atom. The zero-order valence-corrected chi connectivity index (χ0v) is 14.0. The fourth-order valence-corrected chi connectivity index (χ4v) is 3.81. The molecule has 0 amide bonds. The minimum absolute atomic E-state index is 0.0638. The molecule has 1 aliphatic carbocycles. The number of aromatic amines is 1. The Labute approximate surface area is 144 Å². The minimum atomic E-state index is -3.50. The van der Waals surface area contributed by atoms with Crippen molar-refractivity contribution in [3.63, 3.8) is 0 Å². The lowest BCUT2D eigenvalue weighted by atomic mass is 10.2. The van der Waals surface area contributed by atoms with Gasteiger partial charge < -0.3 is 10.7 Å². The van der Waals surface area contributed by atoms with E-state index in [1.807, 2.05) is 0 Å². The van der Waals surface area contributed by atoms with Crippen molar-refractivity contribution in [3.8, 4) is 11.8 Å². The van der Waals surface area contributed by atoms with Crippen LogP contribution in [0, 0.1) is 11.8 Å². The van der Waals surface area contributed by atoms with Crippen LogP contribution in [0.1, 0.15) is 24.0 Å². The molecule has 0 aliphatic heterocycles. The number of fused-ring (bicyclic) bond motifs is 1. The second-order valence-electron chi connectivity index (χ2n) is 5.86. The van der Waals surface area contributed by atoms with Crippen LogP contribution >= 0.6 is 0 Å². The number of aromatic nitrogens is 3. The highest BCUT2D eigenvalue weighted by Crippen LogP contribution is 2.23. The minimum Gasteiger partial charge on any atom is -0.383 e. The molecule has 0 radical (unpaired) electrons. The second-order valence-corrected chi connectivity index (χ2v) is 7.57. The van der Waals surface area contributed by atoms with E-state index in [1.165, 1.54) is 6.33 Å². The molecule has 25 heavy (non-hydrogen) atoms. The van der Waals surface area contributed by atoms with Crippen LogP contribution in [0.5, 0.6) is 0 Å². The number of anilines is 1. The van der Waals surface area contributed by atoms with Crippen LogP contribution in [0.2, 0.25) is 0 Å². The topological polar surface area (TPSA) is 114 Å². The Kier molecular flexibility index (Phi) is 3.67. The highest BCUT2D eigenvalue weighted by molar-refractivity contribution is 7.89. The molecule has 0 atom stereocenters. The largest absolute Gasteiger partial charge is 0.383 e. The number of sulfonamides is 1. The third-order valence-electron chi connectivity index (χ3n) is 3.88. The SMILES string of the molecule is Nc1ncnc2[nH]cc(C#Cc3cccc(S(=O)(=O)NC4CC4)c3)c12. The fourth-order valence-electron chi connectivity index (χ4n) is 2.45. The second kappa shape index (κ2) is 5.88. The van der Waals surface area contributed by atoms with Crippen LogP contribution in [0.15, 0.2) is 41.7 Å². The number of nitrogens with one attached hydrogen (secondary N) is 2. The summed E-state index contributed by atoms with van der Waals surface area (Å²) in [5.41, 5.74) is 7.75. The maximum atomic E-state index is 12.3. The van der Waals surface area contributed by atoms with Gasteiger partial charge >= 0.3 is 0 Å². The van der Waals surface area contributed by atoms with E-state index in [2.05, 4.69) is 31.5 Å². The Balaban J connectivity index is 1.68. The smallest absolute Gasteiger partial charge is 0.240 e. The number of benzene rings is 1. The van der Waals surface area contributed by atoms with Gasteiger partial charge in [0.2, 0.25) is 10.0 Å². The summed E-state index contributed by atoms with van der Waals surface area (Å²) in [7, 11) is -3.50. The van der Waals surface area contributed by atoms with Crippen molar-refractivity contribution in [2.24, 2.45) is 0 Å². The van der Waals surface area contributed by atoms with Crippen molar-refractivity contribution in [3.05, 3.63) is 47.9 Å². The summed E-state index contributed by atoms with van der Waals surface area (Å²) in [6, 6.07) is 6.63. The van der Waals surface area contributed by atoms with Crippen molar-refractivity contribution < 1.29 is 8.42 Å². The highest BCUT2D eigenvalue weighted by atomic mass is 32.2. The molecule has 4 rings (SSSR count). The molecule has 1 saturated carbocycles. The van der Waals surface area contributed by atoms with Crippen LogP contribution in [-0.4, -0.2) is 29.4 Å². The number of hydrogen-bond acceptors (Lipinski definition) is 5. The number of rotatable bonds is 3. The molecule has 126 valence electrons. The number of hydrogen-bond donors (Lipinski definition) is 3. The molecular weight excluding hydrogens is 338 g/mol. The van der Waals surface area contributed by atoms with Gasteiger partial charge in [-0.05, 0) is 31.0 Å². The summed E-state index contributed by atoms with van der Waals surface area (Å²) < 4.78 is 27.2. The third kappa shape index (κ3) is 3.20. The maximum absolute atomic E-state index is 12.3. The van der Waals surface area contributed by atoms with E-state index in [1.54, 1.807) is 30.5 Å². The fraction of sp³-hybridized carbons (Fsp3) is 0.176. The maximum Gasteiger partial charge on any atom is 0.240 e. The number of nitrogen functional groups attached to an aromatic ring is 1. The van der Waals surface area contributed by atoms with Crippen molar-refractivity contribution in [2.45, 2.75) is 23.8 Å². The summed E-state index contributed by atoms with van der Waals surface area (Å²) >= 11 is 0. The lowest BCUT2D eigenvalue weighted by Crippen LogP contribution is -2.25. The molecule has 0 spiro atoms. The van der Waals surface area contributed by atoms with Gasteiger partial charge in [-0.25, -0.2) is 23.1 Å². The number of H-pyrrole nitrogens is 1. The first-order valence-corrected chi connectivity index (χ1v) is 9.23. The Bertz CT molecular complexity index is 1120. The monoisotopic (exact) mass is 353 g/mol. The quantitative estimate of drug-likeness (QED) is 0.616. The highest BCUT2D eigenvalue weighted by Gasteiger charge is 2.27. The van der Waals surface area contributed by atoms with E-state index in [-0.39, 0.29) is 10.9 Å². The summed E-state index contributed by atoms with van der Waals surface area (Å²) in [4.78, 5) is 11.3. The molecule has 0 unspecified atom stereocenters. The van der Waals surface area contributed by atoms with Crippen molar-refractivity contribution >= 4 is 26.9 Å². The van der Waals surface area contributed by atoms with Crippen LogP contribution < -0.4 is 10.5 Å². The first-order chi connectivity index (χ1) is 12.0. The van der Waals surface area contributed by atoms with Gasteiger partial charge in [0, 0.05) is 17.8 Å². The van der Waals surface area contributed by atoms with Gasteiger partial charge in [-0.2, -0.15) is 0 Å². The lowest BCUT2D eigenvalue weighted by molar-refractivity contribution is 0.581. The average molecular weight is 353 g/mol. The molecule has 3 aromatic rings. The average Bonchev–Trinajstić information content (AvgIpc) is 3.29.